The quantitative estimate of drug-likeness (QED) is 0.561. The molecule has 1 aromatic carbocycles. The minimum atomic E-state index is -5.65. The molecule has 0 aliphatic rings. The normalized spacial score (nSPS) is 12.6. The highest BCUT2D eigenvalue weighted by Gasteiger charge is 2.46. The van der Waals surface area contributed by atoms with Crippen LogP contribution < -0.4 is 9.62 Å². The van der Waals surface area contributed by atoms with Crippen LogP contribution in [-0.4, -0.2) is 37.7 Å². The highest BCUT2D eigenvalue weighted by Crippen LogP contribution is 2.41. The first-order valence-corrected chi connectivity index (χ1v) is 11.0. The summed E-state index contributed by atoms with van der Waals surface area (Å²) >= 11 is 6.60. The molecule has 0 saturated heterocycles. The van der Waals surface area contributed by atoms with Crippen LogP contribution >= 0.6 is 22.9 Å². The highest BCUT2D eigenvalue weighted by molar-refractivity contribution is 7.93. The Morgan fingerprint density at radius 3 is 2.41 bits per heavy atom. The predicted molar refractivity (Wildman–Crippen MR) is 107 cm³/mol. The van der Waals surface area contributed by atoms with Gasteiger partial charge in [-0.3, -0.25) is 4.72 Å². The Kier molecular flexibility index (Phi) is 7.06. The molecule has 1 heterocycles. The van der Waals surface area contributed by atoms with Gasteiger partial charge in [0.25, 0.3) is 5.13 Å². The Morgan fingerprint density at radius 2 is 1.93 bits per heavy atom. The first-order chi connectivity index (χ1) is 13.4. The third-order valence-electron chi connectivity index (χ3n) is 4.07. The van der Waals surface area contributed by atoms with Crippen LogP contribution in [0, 0.1) is 6.92 Å². The standard InChI is InChI=1S/C15H18ClF3N6O2S2/c1-5-9-8(3)12(20-22-14-23-21-13(16)28-14)10(7-11(9)25(4)6-2)24-29(26,27)15(17,18)19/h7,24H,5-6H2,1-4H3. The number of sulfonamides is 1. The number of azo groups is 1. The van der Waals surface area contributed by atoms with E-state index in [4.69, 9.17) is 11.6 Å². The third-order valence-corrected chi connectivity index (χ3v) is 6.07. The van der Waals surface area contributed by atoms with Crippen LogP contribution in [0.5, 0.6) is 0 Å². The Balaban J connectivity index is 2.69. The van der Waals surface area contributed by atoms with Crippen molar-refractivity contribution in [1.82, 2.24) is 10.2 Å². The van der Waals surface area contributed by atoms with Crippen molar-refractivity contribution >= 4 is 55.2 Å². The summed E-state index contributed by atoms with van der Waals surface area (Å²) in [5, 5.41) is 15.1. The second-order valence-corrected chi connectivity index (χ2v) is 9.06. The van der Waals surface area contributed by atoms with Crippen LogP contribution in [0.4, 0.5) is 35.4 Å². The Hall–Kier alpha value is -1.99. The number of hydrogen-bond donors (Lipinski definition) is 1. The lowest BCUT2D eigenvalue weighted by atomic mass is 10.00. The number of hydrogen-bond acceptors (Lipinski definition) is 8. The summed E-state index contributed by atoms with van der Waals surface area (Å²) in [5.41, 5.74) is -3.99. The minimum Gasteiger partial charge on any atom is -0.375 e. The number of nitrogens with zero attached hydrogens (tertiary/aromatic N) is 5. The Labute approximate surface area is 174 Å². The molecule has 2 aromatic rings. The van der Waals surface area contributed by atoms with Gasteiger partial charge in [-0.2, -0.15) is 21.6 Å². The Bertz CT molecular complexity index is 1020. The van der Waals surface area contributed by atoms with E-state index < -0.39 is 15.5 Å². The molecule has 0 atom stereocenters. The zero-order chi connectivity index (χ0) is 22.0. The molecule has 0 aliphatic heterocycles. The van der Waals surface area contributed by atoms with Gasteiger partial charge < -0.3 is 4.90 Å². The number of anilines is 2. The van der Waals surface area contributed by atoms with E-state index in [2.05, 4.69) is 20.4 Å². The summed E-state index contributed by atoms with van der Waals surface area (Å²) in [5.74, 6) is 0. The van der Waals surface area contributed by atoms with Crippen molar-refractivity contribution in [3.63, 3.8) is 0 Å². The fourth-order valence-electron chi connectivity index (χ4n) is 2.53. The lowest BCUT2D eigenvalue weighted by Gasteiger charge is -2.24. The van der Waals surface area contributed by atoms with Crippen LogP contribution in [0.3, 0.4) is 0 Å². The lowest BCUT2D eigenvalue weighted by Crippen LogP contribution is -2.30. The molecule has 1 N–H and O–H groups in total. The molecule has 2 rings (SSSR count). The lowest BCUT2D eigenvalue weighted by molar-refractivity contribution is -0.0429. The van der Waals surface area contributed by atoms with E-state index in [1.165, 1.54) is 6.07 Å². The van der Waals surface area contributed by atoms with E-state index in [-0.39, 0.29) is 21.0 Å². The van der Waals surface area contributed by atoms with Crippen molar-refractivity contribution < 1.29 is 21.6 Å². The van der Waals surface area contributed by atoms with Crippen LogP contribution in [0.1, 0.15) is 25.0 Å². The number of halogens is 4. The molecule has 0 spiro atoms. The molecule has 1 aromatic heterocycles. The SMILES string of the molecule is CCc1c(N(C)CC)cc(NS(=O)(=O)C(F)(F)F)c(N=Nc2nnc(Cl)s2)c1C. The van der Waals surface area contributed by atoms with Gasteiger partial charge in [0.1, 0.15) is 5.69 Å². The van der Waals surface area contributed by atoms with E-state index >= 15 is 0 Å². The second kappa shape index (κ2) is 8.79. The summed E-state index contributed by atoms with van der Waals surface area (Å²) in [6, 6.07) is 1.32. The van der Waals surface area contributed by atoms with Crippen LogP contribution in [0.2, 0.25) is 4.47 Å². The van der Waals surface area contributed by atoms with Gasteiger partial charge in [-0.15, -0.1) is 20.4 Å². The van der Waals surface area contributed by atoms with Crippen molar-refractivity contribution in [1.29, 1.82) is 0 Å². The molecule has 0 aliphatic carbocycles. The Morgan fingerprint density at radius 1 is 1.28 bits per heavy atom. The van der Waals surface area contributed by atoms with Crippen molar-refractivity contribution in [2.24, 2.45) is 10.2 Å². The molecular formula is C15H18ClF3N6O2S2. The number of aromatic nitrogens is 2. The third kappa shape index (κ3) is 5.14. The first-order valence-electron chi connectivity index (χ1n) is 8.28. The van der Waals surface area contributed by atoms with Gasteiger partial charge in [-0.1, -0.05) is 18.3 Å². The van der Waals surface area contributed by atoms with Crippen molar-refractivity contribution in [2.45, 2.75) is 32.7 Å². The van der Waals surface area contributed by atoms with Crippen LogP contribution in [0.25, 0.3) is 0 Å². The van der Waals surface area contributed by atoms with Crippen molar-refractivity contribution in [3.8, 4) is 0 Å². The molecule has 0 amide bonds. The second-order valence-electron chi connectivity index (χ2n) is 5.85. The average Bonchev–Trinajstić information content (AvgIpc) is 3.04. The number of rotatable bonds is 7. The van der Waals surface area contributed by atoms with Crippen LogP contribution in [0.15, 0.2) is 16.3 Å². The summed E-state index contributed by atoms with van der Waals surface area (Å²) < 4.78 is 63.9. The highest BCUT2D eigenvalue weighted by atomic mass is 35.5. The van der Waals surface area contributed by atoms with Gasteiger partial charge in [0.2, 0.25) is 4.47 Å². The average molecular weight is 471 g/mol. The topological polar surface area (TPSA) is 99.9 Å². The van der Waals surface area contributed by atoms with E-state index in [0.29, 0.717) is 24.2 Å². The first kappa shape index (κ1) is 23.3. The van der Waals surface area contributed by atoms with Crippen molar-refractivity contribution in [3.05, 3.63) is 21.7 Å². The number of benzene rings is 1. The molecule has 8 nitrogen and oxygen atoms in total. The van der Waals surface area contributed by atoms with E-state index in [1.807, 2.05) is 13.8 Å². The molecule has 14 heteroatoms. The number of alkyl halides is 3. The largest absolute Gasteiger partial charge is 0.516 e. The molecular weight excluding hydrogens is 453 g/mol. The maximum Gasteiger partial charge on any atom is 0.516 e. The van der Waals surface area contributed by atoms with E-state index in [0.717, 1.165) is 16.9 Å². The summed E-state index contributed by atoms with van der Waals surface area (Å²) in [6.07, 6.45) is 0.547. The van der Waals surface area contributed by atoms with Gasteiger partial charge >= 0.3 is 15.5 Å². The zero-order valence-corrected chi connectivity index (χ0v) is 18.3. The van der Waals surface area contributed by atoms with E-state index in [1.54, 1.807) is 23.6 Å². The summed E-state index contributed by atoms with van der Waals surface area (Å²) in [4.78, 5) is 1.79. The fraction of sp³-hybridized carbons (Fsp3) is 0.467. The molecule has 0 fully saturated rings. The van der Waals surface area contributed by atoms with Crippen LogP contribution in [-0.2, 0) is 16.4 Å². The molecule has 0 saturated carbocycles. The fourth-order valence-corrected chi connectivity index (χ4v) is 3.73. The smallest absolute Gasteiger partial charge is 0.375 e. The molecule has 0 unspecified atom stereocenters. The zero-order valence-electron chi connectivity index (χ0n) is 15.9. The van der Waals surface area contributed by atoms with E-state index in [9.17, 15) is 21.6 Å². The monoisotopic (exact) mass is 470 g/mol. The predicted octanol–water partition coefficient (Wildman–Crippen LogP) is 5.20. The summed E-state index contributed by atoms with van der Waals surface area (Å²) in [6.45, 7) is 5.93. The summed E-state index contributed by atoms with van der Waals surface area (Å²) in [7, 11) is -3.90. The van der Waals surface area contributed by atoms with Gasteiger partial charge in [0.05, 0.1) is 5.69 Å². The molecule has 0 radical (unpaired) electrons. The molecule has 160 valence electrons. The van der Waals surface area contributed by atoms with Gasteiger partial charge in [0, 0.05) is 19.3 Å². The molecule has 0 bridgehead atoms. The van der Waals surface area contributed by atoms with Gasteiger partial charge in [0.15, 0.2) is 0 Å². The van der Waals surface area contributed by atoms with Crippen molar-refractivity contribution in [2.75, 3.05) is 23.2 Å². The van der Waals surface area contributed by atoms with Gasteiger partial charge in [-0.25, -0.2) is 0 Å². The maximum atomic E-state index is 12.9. The molecule has 29 heavy (non-hydrogen) atoms. The minimum absolute atomic E-state index is 0.0470. The maximum absolute atomic E-state index is 12.9. The van der Waals surface area contributed by atoms with Gasteiger partial charge in [-0.05, 0) is 49.1 Å². The number of nitrogens with one attached hydrogen (secondary N) is 1.